The maximum Gasteiger partial charge on any atom is 0.251 e. The maximum atomic E-state index is 12.1. The number of nitrogens with one attached hydrogen (secondary N) is 4. The van der Waals surface area contributed by atoms with E-state index >= 15 is 0 Å². The summed E-state index contributed by atoms with van der Waals surface area (Å²) in [6, 6.07) is 16.8. The lowest BCUT2D eigenvalue weighted by molar-refractivity contribution is 0.0963. The van der Waals surface area contributed by atoms with Gasteiger partial charge in [-0.25, -0.2) is 13.1 Å². The van der Waals surface area contributed by atoms with Crippen LogP contribution in [-0.2, 0) is 23.0 Å². The number of sulfonamides is 1. The van der Waals surface area contributed by atoms with Gasteiger partial charge in [0.1, 0.15) is 0 Å². The molecule has 2 aromatic rings. The molecule has 0 spiro atoms. The van der Waals surface area contributed by atoms with Crippen molar-refractivity contribution in [1.82, 2.24) is 20.7 Å². The van der Waals surface area contributed by atoms with Crippen LogP contribution in [0.5, 0.6) is 0 Å². The lowest BCUT2D eigenvalue weighted by Gasteiger charge is -2.13. The van der Waals surface area contributed by atoms with Crippen LogP contribution in [-0.4, -0.2) is 53.2 Å². The van der Waals surface area contributed by atoms with Crippen LogP contribution in [0.25, 0.3) is 0 Å². The predicted molar refractivity (Wildman–Crippen MR) is 120 cm³/mol. The van der Waals surface area contributed by atoms with Crippen LogP contribution in [0.4, 0.5) is 0 Å². The van der Waals surface area contributed by atoms with Gasteiger partial charge in [-0.3, -0.25) is 9.79 Å². The minimum atomic E-state index is -3.40. The number of benzene rings is 2. The zero-order valence-electron chi connectivity index (χ0n) is 17.3. The number of aliphatic imine (C=N–C) groups is 1. The molecule has 0 bridgehead atoms. The summed E-state index contributed by atoms with van der Waals surface area (Å²) in [7, 11) is -0.166. The highest BCUT2D eigenvalue weighted by Gasteiger charge is 2.10. The molecule has 0 atom stereocenters. The van der Waals surface area contributed by atoms with Gasteiger partial charge in [-0.15, -0.1) is 0 Å². The Morgan fingerprint density at radius 3 is 2.37 bits per heavy atom. The number of rotatable bonds is 10. The van der Waals surface area contributed by atoms with Crippen LogP contribution in [0.2, 0.25) is 0 Å². The van der Waals surface area contributed by atoms with Crippen molar-refractivity contribution in [3.8, 4) is 0 Å². The van der Waals surface area contributed by atoms with Gasteiger partial charge in [0.05, 0.1) is 5.75 Å². The molecular weight excluding hydrogens is 402 g/mol. The smallest absolute Gasteiger partial charge is 0.251 e. The molecule has 8 nitrogen and oxygen atoms in total. The van der Waals surface area contributed by atoms with Crippen molar-refractivity contribution in [3.63, 3.8) is 0 Å². The predicted octanol–water partition coefficient (Wildman–Crippen LogP) is 0.873. The van der Waals surface area contributed by atoms with Crippen LogP contribution >= 0.6 is 0 Å². The standard InChI is InChI=1S/C21H29N5O3S/c1-22-20(27)19-10-6-9-17(15-19)11-12-24-21(23-2)25-13-14-30(28,29)26-16-18-7-4-3-5-8-18/h3-10,15,26H,11-14,16H2,1-2H3,(H,22,27)(H2,23,24,25). The SMILES string of the molecule is CN=C(NCCc1cccc(C(=O)NC)c1)NCCS(=O)(=O)NCc1ccccc1. The third kappa shape index (κ3) is 8.22. The summed E-state index contributed by atoms with van der Waals surface area (Å²) in [5, 5.41) is 8.76. The normalized spacial score (nSPS) is 11.7. The summed E-state index contributed by atoms with van der Waals surface area (Å²) in [5.41, 5.74) is 2.55. The fraction of sp³-hybridized carbons (Fsp3) is 0.333. The highest BCUT2D eigenvalue weighted by atomic mass is 32.2. The van der Waals surface area contributed by atoms with Crippen molar-refractivity contribution in [1.29, 1.82) is 0 Å². The second-order valence-corrected chi connectivity index (χ2v) is 8.51. The molecule has 9 heteroatoms. The lowest BCUT2D eigenvalue weighted by Crippen LogP contribution is -2.41. The van der Waals surface area contributed by atoms with Gasteiger partial charge in [0.2, 0.25) is 10.0 Å². The maximum absolute atomic E-state index is 12.1. The number of hydrogen-bond acceptors (Lipinski definition) is 4. The molecule has 0 aromatic heterocycles. The first-order valence-electron chi connectivity index (χ1n) is 9.70. The van der Waals surface area contributed by atoms with Crippen molar-refractivity contribution >= 4 is 21.9 Å². The van der Waals surface area contributed by atoms with E-state index in [-0.39, 0.29) is 24.7 Å². The topological polar surface area (TPSA) is 112 Å². The van der Waals surface area contributed by atoms with Crippen LogP contribution in [0.1, 0.15) is 21.5 Å². The van der Waals surface area contributed by atoms with Gasteiger partial charge in [0, 0.05) is 39.3 Å². The molecule has 2 rings (SSSR count). The number of nitrogens with zero attached hydrogens (tertiary/aromatic N) is 1. The summed E-state index contributed by atoms with van der Waals surface area (Å²) in [6.45, 7) is 1.09. The van der Waals surface area contributed by atoms with E-state index in [2.05, 4.69) is 25.7 Å². The summed E-state index contributed by atoms with van der Waals surface area (Å²) >= 11 is 0. The molecule has 0 aliphatic heterocycles. The summed E-state index contributed by atoms with van der Waals surface area (Å²) in [5.74, 6) is 0.342. The Labute approximate surface area is 178 Å². The number of carbonyl (C=O) groups excluding carboxylic acids is 1. The molecule has 0 radical (unpaired) electrons. The fourth-order valence-electron chi connectivity index (χ4n) is 2.72. The summed E-state index contributed by atoms with van der Waals surface area (Å²) < 4.78 is 26.9. The average molecular weight is 432 g/mol. The Hall–Kier alpha value is -2.91. The van der Waals surface area contributed by atoms with Gasteiger partial charge in [-0.1, -0.05) is 42.5 Å². The van der Waals surface area contributed by atoms with E-state index in [1.807, 2.05) is 48.5 Å². The van der Waals surface area contributed by atoms with Crippen molar-refractivity contribution < 1.29 is 13.2 Å². The van der Waals surface area contributed by atoms with E-state index in [0.717, 1.165) is 11.1 Å². The first-order chi connectivity index (χ1) is 14.4. The molecule has 0 aliphatic carbocycles. The third-order valence-corrected chi connectivity index (χ3v) is 5.67. The molecule has 162 valence electrons. The number of guanidine groups is 1. The Kier molecular flexibility index (Phi) is 9.30. The highest BCUT2D eigenvalue weighted by molar-refractivity contribution is 7.89. The zero-order valence-corrected chi connectivity index (χ0v) is 18.1. The second kappa shape index (κ2) is 11.9. The zero-order chi connectivity index (χ0) is 21.8. The second-order valence-electron chi connectivity index (χ2n) is 6.58. The van der Waals surface area contributed by atoms with Gasteiger partial charge in [0.25, 0.3) is 5.91 Å². The number of hydrogen-bond donors (Lipinski definition) is 4. The van der Waals surface area contributed by atoms with Crippen LogP contribution in [0.3, 0.4) is 0 Å². The summed E-state index contributed by atoms with van der Waals surface area (Å²) in [6.07, 6.45) is 0.697. The first kappa shape index (κ1) is 23.4. The van der Waals surface area contributed by atoms with Crippen molar-refractivity contribution in [3.05, 3.63) is 71.3 Å². The largest absolute Gasteiger partial charge is 0.356 e. The minimum Gasteiger partial charge on any atom is -0.356 e. The molecular formula is C21H29N5O3S. The fourth-order valence-corrected chi connectivity index (χ4v) is 3.63. The molecule has 2 aromatic carbocycles. The van der Waals surface area contributed by atoms with Crippen molar-refractivity contribution in [2.45, 2.75) is 13.0 Å². The monoisotopic (exact) mass is 431 g/mol. The third-order valence-electron chi connectivity index (χ3n) is 4.35. The molecule has 0 unspecified atom stereocenters. The Morgan fingerprint density at radius 1 is 0.967 bits per heavy atom. The number of carbonyl (C=O) groups is 1. The number of amides is 1. The van der Waals surface area contributed by atoms with Crippen LogP contribution in [0.15, 0.2) is 59.6 Å². The molecule has 30 heavy (non-hydrogen) atoms. The molecule has 0 fully saturated rings. The van der Waals surface area contributed by atoms with E-state index in [1.165, 1.54) is 0 Å². The molecule has 1 amide bonds. The molecule has 0 saturated carbocycles. The summed E-state index contributed by atoms with van der Waals surface area (Å²) in [4.78, 5) is 15.8. The average Bonchev–Trinajstić information content (AvgIpc) is 2.77. The Morgan fingerprint density at radius 2 is 1.67 bits per heavy atom. The van der Waals surface area contributed by atoms with E-state index < -0.39 is 10.0 Å². The van der Waals surface area contributed by atoms with Gasteiger partial charge in [0.15, 0.2) is 5.96 Å². The van der Waals surface area contributed by atoms with Crippen LogP contribution < -0.4 is 20.7 Å². The lowest BCUT2D eigenvalue weighted by atomic mass is 10.1. The van der Waals surface area contributed by atoms with Gasteiger partial charge in [-0.2, -0.15) is 0 Å². The minimum absolute atomic E-state index is 0.0608. The first-order valence-corrected chi connectivity index (χ1v) is 11.4. The van der Waals surface area contributed by atoms with E-state index in [4.69, 9.17) is 0 Å². The Bertz CT molecular complexity index is 946. The molecule has 0 heterocycles. The highest BCUT2D eigenvalue weighted by Crippen LogP contribution is 2.05. The van der Waals surface area contributed by atoms with E-state index in [9.17, 15) is 13.2 Å². The van der Waals surface area contributed by atoms with Gasteiger partial charge < -0.3 is 16.0 Å². The van der Waals surface area contributed by atoms with Gasteiger partial charge >= 0.3 is 0 Å². The molecule has 4 N–H and O–H groups in total. The van der Waals surface area contributed by atoms with E-state index in [0.29, 0.717) is 24.5 Å². The quantitative estimate of drug-likeness (QED) is 0.330. The van der Waals surface area contributed by atoms with Crippen molar-refractivity contribution in [2.24, 2.45) is 4.99 Å². The molecule has 0 aliphatic rings. The van der Waals surface area contributed by atoms with Crippen LogP contribution in [0, 0.1) is 0 Å². The van der Waals surface area contributed by atoms with Crippen molar-refractivity contribution in [2.75, 3.05) is 32.9 Å². The Balaban J connectivity index is 1.72. The van der Waals surface area contributed by atoms with E-state index in [1.54, 1.807) is 20.2 Å². The van der Waals surface area contributed by atoms with Gasteiger partial charge in [-0.05, 0) is 29.7 Å². The molecule has 0 saturated heterocycles.